The molecule has 0 saturated carbocycles. The number of phenols is 1. The second kappa shape index (κ2) is 8.30. The van der Waals surface area contributed by atoms with Gasteiger partial charge >= 0.3 is 0 Å². The zero-order chi connectivity index (χ0) is 24.0. The van der Waals surface area contributed by atoms with Crippen LogP contribution in [-0.2, 0) is 16.0 Å². The van der Waals surface area contributed by atoms with Crippen LogP contribution in [0.5, 0.6) is 11.5 Å². The van der Waals surface area contributed by atoms with Crippen molar-refractivity contribution in [2.45, 2.75) is 18.9 Å². The molecule has 0 aliphatic carbocycles. The highest BCUT2D eigenvalue weighted by Crippen LogP contribution is 2.43. The van der Waals surface area contributed by atoms with Crippen molar-refractivity contribution in [1.29, 1.82) is 0 Å². The lowest BCUT2D eigenvalue weighted by Gasteiger charge is -2.25. The Balaban J connectivity index is 1.70. The van der Waals surface area contributed by atoms with Gasteiger partial charge < -0.3 is 14.9 Å². The summed E-state index contributed by atoms with van der Waals surface area (Å²) in [4.78, 5) is 27.2. The van der Waals surface area contributed by atoms with Crippen molar-refractivity contribution in [1.82, 2.24) is 0 Å². The summed E-state index contributed by atoms with van der Waals surface area (Å²) in [5, 5.41) is 20.9. The average molecular weight is 463 g/mol. The van der Waals surface area contributed by atoms with Gasteiger partial charge in [0.05, 0.1) is 18.2 Å². The maximum Gasteiger partial charge on any atom is 0.300 e. The number of hydrogen-bond donors (Lipinski definition) is 2. The van der Waals surface area contributed by atoms with Crippen LogP contribution in [-0.4, -0.2) is 28.5 Å². The number of anilines is 1. The van der Waals surface area contributed by atoms with Crippen LogP contribution in [0.15, 0.2) is 66.2 Å². The number of aliphatic hydroxyl groups excluding tert-OH is 1. The monoisotopic (exact) mass is 463 g/mol. The SMILES string of the molecule is O=C1C(=O)N(c2ccc(F)c(F)c2)C(c2ccc(O)cc2)/C1=C(/O)c1ccc2c(c1)CCCO2. The number of Topliss-reactive ketones (excluding diaryl/α,β-unsaturated/α-hetero) is 1. The number of nitrogens with zero attached hydrogens (tertiary/aromatic N) is 1. The lowest BCUT2D eigenvalue weighted by atomic mass is 9.94. The number of carbonyl (C=O) groups is 2. The van der Waals surface area contributed by atoms with Crippen molar-refractivity contribution < 1.29 is 33.3 Å². The molecular weight excluding hydrogens is 444 g/mol. The quantitative estimate of drug-likeness (QED) is 0.336. The van der Waals surface area contributed by atoms with Crippen LogP contribution >= 0.6 is 0 Å². The summed E-state index contributed by atoms with van der Waals surface area (Å²) in [5.74, 6) is -3.98. The summed E-state index contributed by atoms with van der Waals surface area (Å²) in [6.07, 6.45) is 1.55. The number of ether oxygens (including phenoxy) is 1. The van der Waals surface area contributed by atoms with E-state index in [9.17, 15) is 28.6 Å². The van der Waals surface area contributed by atoms with Gasteiger partial charge in [-0.3, -0.25) is 14.5 Å². The van der Waals surface area contributed by atoms with Gasteiger partial charge in [-0.1, -0.05) is 12.1 Å². The summed E-state index contributed by atoms with van der Waals surface area (Å²) in [6.45, 7) is 0.596. The second-order valence-electron chi connectivity index (χ2n) is 8.13. The summed E-state index contributed by atoms with van der Waals surface area (Å²) in [6, 6.07) is 12.5. The third-order valence-corrected chi connectivity index (χ3v) is 6.02. The number of benzene rings is 3. The first-order chi connectivity index (χ1) is 16.3. The predicted molar refractivity (Wildman–Crippen MR) is 120 cm³/mol. The normalized spacial score (nSPS) is 19.1. The Morgan fingerprint density at radius 3 is 2.47 bits per heavy atom. The minimum Gasteiger partial charge on any atom is -0.508 e. The van der Waals surface area contributed by atoms with Gasteiger partial charge in [0.1, 0.15) is 17.3 Å². The Hall–Kier alpha value is -4.20. The number of aromatic hydroxyl groups is 1. The van der Waals surface area contributed by atoms with E-state index in [2.05, 4.69) is 0 Å². The Kier molecular flexibility index (Phi) is 5.28. The topological polar surface area (TPSA) is 87.1 Å². The zero-order valence-corrected chi connectivity index (χ0v) is 17.8. The van der Waals surface area contributed by atoms with Crippen LogP contribution in [0.2, 0.25) is 0 Å². The molecule has 5 rings (SSSR count). The Morgan fingerprint density at radius 2 is 1.74 bits per heavy atom. The molecule has 1 unspecified atom stereocenters. The Labute approximate surface area is 193 Å². The molecule has 0 aromatic heterocycles. The van der Waals surface area contributed by atoms with Crippen LogP contribution in [0.25, 0.3) is 5.76 Å². The van der Waals surface area contributed by atoms with Crippen LogP contribution in [0.1, 0.15) is 29.2 Å². The molecule has 1 fully saturated rings. The Morgan fingerprint density at radius 1 is 0.971 bits per heavy atom. The number of amides is 1. The minimum absolute atomic E-state index is 0.0387. The molecule has 1 amide bonds. The molecule has 1 atom stereocenters. The van der Waals surface area contributed by atoms with Crippen LogP contribution in [0.4, 0.5) is 14.5 Å². The molecule has 3 aromatic carbocycles. The highest BCUT2D eigenvalue weighted by Gasteiger charge is 2.47. The van der Waals surface area contributed by atoms with Gasteiger partial charge in [0, 0.05) is 17.3 Å². The van der Waals surface area contributed by atoms with Gasteiger partial charge in [-0.15, -0.1) is 0 Å². The van der Waals surface area contributed by atoms with E-state index in [0.717, 1.165) is 35.4 Å². The molecule has 0 bridgehead atoms. The summed E-state index contributed by atoms with van der Waals surface area (Å²) in [5.41, 5.74) is 1.35. The first-order valence-corrected chi connectivity index (χ1v) is 10.7. The average Bonchev–Trinajstić information content (AvgIpc) is 3.11. The number of ketones is 1. The summed E-state index contributed by atoms with van der Waals surface area (Å²) >= 11 is 0. The fraction of sp³-hybridized carbons (Fsp3) is 0.154. The molecule has 172 valence electrons. The molecule has 1 saturated heterocycles. The maximum atomic E-state index is 14.0. The van der Waals surface area contributed by atoms with E-state index >= 15 is 0 Å². The highest BCUT2D eigenvalue weighted by molar-refractivity contribution is 6.51. The van der Waals surface area contributed by atoms with Gasteiger partial charge in [-0.2, -0.15) is 0 Å². The molecule has 3 aromatic rings. The van der Waals surface area contributed by atoms with E-state index in [4.69, 9.17) is 4.74 Å². The first-order valence-electron chi connectivity index (χ1n) is 10.7. The van der Waals surface area contributed by atoms with Crippen molar-refractivity contribution >= 4 is 23.1 Å². The number of carbonyl (C=O) groups excluding carboxylic acids is 2. The number of phenolic OH excluding ortho intramolecular Hbond substituents is 1. The van der Waals surface area contributed by atoms with Crippen LogP contribution in [0, 0.1) is 11.6 Å². The highest BCUT2D eigenvalue weighted by atomic mass is 19.2. The maximum absolute atomic E-state index is 14.0. The van der Waals surface area contributed by atoms with E-state index in [0.29, 0.717) is 23.5 Å². The Bertz CT molecular complexity index is 1350. The fourth-order valence-electron chi connectivity index (χ4n) is 4.37. The van der Waals surface area contributed by atoms with Crippen LogP contribution < -0.4 is 9.64 Å². The van der Waals surface area contributed by atoms with E-state index in [-0.39, 0.29) is 17.0 Å². The molecule has 34 heavy (non-hydrogen) atoms. The second-order valence-corrected chi connectivity index (χ2v) is 8.13. The molecule has 2 aliphatic rings. The lowest BCUT2D eigenvalue weighted by molar-refractivity contribution is -0.132. The molecule has 6 nitrogen and oxygen atoms in total. The van der Waals surface area contributed by atoms with E-state index in [1.807, 2.05) is 0 Å². The number of rotatable bonds is 3. The molecule has 8 heteroatoms. The van der Waals surface area contributed by atoms with Crippen molar-refractivity contribution in [3.63, 3.8) is 0 Å². The van der Waals surface area contributed by atoms with Gasteiger partial charge in [-0.05, 0) is 66.4 Å². The molecule has 0 radical (unpaired) electrons. The van der Waals surface area contributed by atoms with Gasteiger partial charge in [-0.25, -0.2) is 8.78 Å². The number of hydrogen-bond acceptors (Lipinski definition) is 5. The first kappa shape index (κ1) is 21.6. The van der Waals surface area contributed by atoms with Gasteiger partial charge in [0.2, 0.25) is 0 Å². The van der Waals surface area contributed by atoms with Gasteiger partial charge in [0.25, 0.3) is 11.7 Å². The number of aryl methyl sites for hydroxylation is 1. The molecule has 2 N–H and O–H groups in total. The van der Waals surface area contributed by atoms with Crippen molar-refractivity contribution in [2.24, 2.45) is 0 Å². The number of halogens is 2. The molecular formula is C26H19F2NO5. The lowest BCUT2D eigenvalue weighted by Crippen LogP contribution is -2.29. The van der Waals surface area contributed by atoms with Crippen molar-refractivity contribution in [2.75, 3.05) is 11.5 Å². The van der Waals surface area contributed by atoms with Crippen LogP contribution in [0.3, 0.4) is 0 Å². The molecule has 2 heterocycles. The van der Waals surface area contributed by atoms with Gasteiger partial charge in [0.15, 0.2) is 11.6 Å². The number of aliphatic hydroxyl groups is 1. The minimum atomic E-state index is -1.18. The number of fused-ring (bicyclic) bond motifs is 1. The largest absolute Gasteiger partial charge is 0.508 e. The summed E-state index contributed by atoms with van der Waals surface area (Å²) < 4.78 is 33.2. The standard InChI is InChI=1S/C26H19F2NO5/c27-19-9-6-17(13-20(19)28)29-23(14-3-7-18(30)8-4-14)22(25(32)26(29)33)24(31)16-5-10-21-15(12-16)2-1-11-34-21/h3-10,12-13,23,30-31H,1-2,11H2/b24-22-. The van der Waals surface area contributed by atoms with E-state index < -0.39 is 35.1 Å². The summed E-state index contributed by atoms with van der Waals surface area (Å²) in [7, 11) is 0. The third kappa shape index (κ3) is 3.57. The fourth-order valence-corrected chi connectivity index (χ4v) is 4.37. The zero-order valence-electron chi connectivity index (χ0n) is 17.8. The van der Waals surface area contributed by atoms with Crippen molar-refractivity contribution in [3.8, 4) is 11.5 Å². The van der Waals surface area contributed by atoms with E-state index in [1.54, 1.807) is 18.2 Å². The molecule has 0 spiro atoms. The van der Waals surface area contributed by atoms with E-state index in [1.165, 1.54) is 30.3 Å². The molecule has 2 aliphatic heterocycles. The third-order valence-electron chi connectivity index (χ3n) is 6.02. The smallest absolute Gasteiger partial charge is 0.300 e. The predicted octanol–water partition coefficient (Wildman–Crippen LogP) is 4.62. The van der Waals surface area contributed by atoms with Crippen molar-refractivity contribution in [3.05, 3.63) is 94.6 Å².